The average molecular weight is 387 g/mol. The van der Waals surface area contributed by atoms with Gasteiger partial charge in [-0.1, -0.05) is 11.8 Å². The number of thioether (sulfide) groups is 1. The Morgan fingerprint density at radius 1 is 1.37 bits per heavy atom. The third-order valence-electron chi connectivity index (χ3n) is 3.59. The number of amides is 4. The highest BCUT2D eigenvalue weighted by atomic mass is 32.2. The molecule has 0 spiro atoms. The molecule has 4 amide bonds. The minimum absolute atomic E-state index is 0.114. The first-order valence-corrected chi connectivity index (χ1v) is 8.85. The zero-order valence-corrected chi connectivity index (χ0v) is 15.3. The summed E-state index contributed by atoms with van der Waals surface area (Å²) in [4.78, 5) is 49.4. The van der Waals surface area contributed by atoms with Gasteiger partial charge in [0.2, 0.25) is 11.8 Å². The lowest BCUT2D eigenvalue weighted by Gasteiger charge is -2.19. The van der Waals surface area contributed by atoms with Crippen LogP contribution in [-0.2, 0) is 14.4 Å². The predicted molar refractivity (Wildman–Crippen MR) is 100 cm³/mol. The van der Waals surface area contributed by atoms with E-state index < -0.39 is 11.8 Å². The predicted octanol–water partition coefficient (Wildman–Crippen LogP) is 0.841. The van der Waals surface area contributed by atoms with Gasteiger partial charge in [0.25, 0.3) is 11.1 Å². The van der Waals surface area contributed by atoms with Crippen LogP contribution in [0.15, 0.2) is 36.0 Å². The molecular formula is C17H17N5O4S. The first-order chi connectivity index (χ1) is 12.8. The van der Waals surface area contributed by atoms with E-state index in [-0.39, 0.29) is 41.2 Å². The van der Waals surface area contributed by atoms with Gasteiger partial charge < -0.3 is 11.1 Å². The Labute approximate surface area is 159 Å². The molecule has 0 saturated carbocycles. The maximum absolute atomic E-state index is 12.6. The number of imide groups is 2. The average Bonchev–Trinajstić information content (AvgIpc) is 2.95. The van der Waals surface area contributed by atoms with Gasteiger partial charge in [-0.15, -0.1) is 0 Å². The van der Waals surface area contributed by atoms with Crippen LogP contribution in [0.2, 0.25) is 0 Å². The molecule has 9 nitrogen and oxygen atoms in total. The maximum Gasteiger partial charge on any atom is 0.288 e. The molecule has 1 saturated heterocycles. The summed E-state index contributed by atoms with van der Waals surface area (Å²) in [5, 5.41) is 11.6. The Balaban J connectivity index is 2.06. The fourth-order valence-electron chi connectivity index (χ4n) is 2.28. The Bertz CT molecular complexity index is 828. The van der Waals surface area contributed by atoms with E-state index in [0.717, 1.165) is 27.8 Å². The Kier molecular flexibility index (Phi) is 6.56. The standard InChI is InChI=1S/C17H17N5O4S/c1-11(23)22(14-4-2-13(19)3-5-14)16(25)12(8-18)9-20-6-7-21-15(24)10-27-17(21)26/h2-5,9,20H,6-7,10,19H2,1H3/b12-9-. The normalized spacial score (nSPS) is 14.1. The van der Waals surface area contributed by atoms with Crippen molar-refractivity contribution in [3.8, 4) is 6.07 Å². The van der Waals surface area contributed by atoms with Crippen molar-refractivity contribution < 1.29 is 19.2 Å². The number of hydrogen-bond acceptors (Lipinski definition) is 8. The van der Waals surface area contributed by atoms with Crippen LogP contribution in [0.5, 0.6) is 0 Å². The van der Waals surface area contributed by atoms with E-state index in [9.17, 15) is 24.4 Å². The van der Waals surface area contributed by atoms with Gasteiger partial charge in [-0.2, -0.15) is 5.26 Å². The third-order valence-corrected chi connectivity index (χ3v) is 4.45. The Morgan fingerprint density at radius 2 is 2.04 bits per heavy atom. The zero-order valence-electron chi connectivity index (χ0n) is 14.5. The maximum atomic E-state index is 12.6. The highest BCUT2D eigenvalue weighted by Crippen LogP contribution is 2.19. The molecule has 1 aliphatic rings. The number of rotatable bonds is 6. The molecule has 3 N–H and O–H groups in total. The number of nitrogens with one attached hydrogen (secondary N) is 1. The van der Waals surface area contributed by atoms with Gasteiger partial charge in [0.1, 0.15) is 11.6 Å². The summed E-state index contributed by atoms with van der Waals surface area (Å²) in [7, 11) is 0. The van der Waals surface area contributed by atoms with Crippen molar-refractivity contribution in [2.45, 2.75) is 6.92 Å². The number of nitrogens with two attached hydrogens (primary N) is 1. The van der Waals surface area contributed by atoms with Gasteiger partial charge in [0.05, 0.1) is 11.4 Å². The minimum atomic E-state index is -0.800. The molecule has 0 radical (unpaired) electrons. The van der Waals surface area contributed by atoms with Gasteiger partial charge in [-0.25, -0.2) is 4.90 Å². The minimum Gasteiger partial charge on any atom is -0.399 e. The van der Waals surface area contributed by atoms with Crippen molar-refractivity contribution in [1.82, 2.24) is 10.2 Å². The van der Waals surface area contributed by atoms with Crippen molar-refractivity contribution in [1.29, 1.82) is 5.26 Å². The van der Waals surface area contributed by atoms with Gasteiger partial charge in [-0.3, -0.25) is 24.1 Å². The summed E-state index contributed by atoms with van der Waals surface area (Å²) in [6, 6.07) is 7.81. The molecule has 0 unspecified atom stereocenters. The number of hydrogen-bond donors (Lipinski definition) is 2. The summed E-state index contributed by atoms with van der Waals surface area (Å²) in [6.45, 7) is 1.49. The second kappa shape index (κ2) is 8.86. The molecule has 2 rings (SSSR count). The lowest BCUT2D eigenvalue weighted by atomic mass is 10.2. The fraction of sp³-hybridized carbons (Fsp3) is 0.235. The lowest BCUT2D eigenvalue weighted by Crippen LogP contribution is -2.37. The van der Waals surface area contributed by atoms with Crippen molar-refractivity contribution in [2.75, 3.05) is 29.5 Å². The van der Waals surface area contributed by atoms with Crippen molar-refractivity contribution >= 4 is 46.1 Å². The Morgan fingerprint density at radius 3 is 2.56 bits per heavy atom. The molecule has 1 aliphatic heterocycles. The first-order valence-electron chi connectivity index (χ1n) is 7.86. The molecule has 140 valence electrons. The number of nitrogen functional groups attached to an aromatic ring is 1. The molecule has 27 heavy (non-hydrogen) atoms. The van der Waals surface area contributed by atoms with Crippen LogP contribution in [0.4, 0.5) is 16.2 Å². The molecule has 0 aliphatic carbocycles. The van der Waals surface area contributed by atoms with Crippen LogP contribution < -0.4 is 16.0 Å². The summed E-state index contributed by atoms with van der Waals surface area (Å²) in [5.41, 5.74) is 6.06. The quantitative estimate of drug-likeness (QED) is 0.317. The molecule has 1 heterocycles. The van der Waals surface area contributed by atoms with E-state index >= 15 is 0 Å². The Hall–Kier alpha value is -3.32. The first kappa shape index (κ1) is 20.0. The third kappa shape index (κ3) is 4.86. The molecule has 0 bridgehead atoms. The highest BCUT2D eigenvalue weighted by Gasteiger charge is 2.29. The number of carbonyl (C=O) groups is 4. The van der Waals surface area contributed by atoms with Crippen LogP contribution in [0.25, 0.3) is 0 Å². The van der Waals surface area contributed by atoms with Crippen LogP contribution in [0, 0.1) is 11.3 Å². The van der Waals surface area contributed by atoms with Crippen molar-refractivity contribution in [3.05, 3.63) is 36.0 Å². The largest absolute Gasteiger partial charge is 0.399 e. The number of anilines is 2. The van der Waals surface area contributed by atoms with Crippen molar-refractivity contribution in [2.24, 2.45) is 0 Å². The molecule has 0 atom stereocenters. The zero-order chi connectivity index (χ0) is 20.0. The molecule has 0 aromatic heterocycles. The molecule has 1 fully saturated rings. The molecule has 1 aromatic rings. The summed E-state index contributed by atoms with van der Waals surface area (Å²) in [5.74, 6) is -1.52. The van der Waals surface area contributed by atoms with Crippen LogP contribution in [-0.4, -0.2) is 46.7 Å². The summed E-state index contributed by atoms with van der Waals surface area (Å²) < 4.78 is 0. The lowest BCUT2D eigenvalue weighted by molar-refractivity contribution is -0.125. The smallest absolute Gasteiger partial charge is 0.288 e. The highest BCUT2D eigenvalue weighted by molar-refractivity contribution is 8.14. The SMILES string of the molecule is CC(=O)N(C(=O)/C(C#N)=C\NCCN1C(=O)CSC1=O)c1ccc(N)cc1. The molecule has 1 aromatic carbocycles. The molecule has 10 heteroatoms. The fourth-order valence-corrected chi connectivity index (χ4v) is 3.03. The topological polar surface area (TPSA) is 137 Å². The summed E-state index contributed by atoms with van der Waals surface area (Å²) in [6.07, 6.45) is 1.16. The van der Waals surface area contributed by atoms with E-state index in [0.29, 0.717) is 5.69 Å². The second-order valence-electron chi connectivity index (χ2n) is 5.48. The van der Waals surface area contributed by atoms with Gasteiger partial charge in [0, 0.05) is 31.9 Å². The number of nitrogens with zero attached hydrogens (tertiary/aromatic N) is 3. The van der Waals surface area contributed by atoms with Gasteiger partial charge >= 0.3 is 0 Å². The van der Waals surface area contributed by atoms with Crippen LogP contribution >= 0.6 is 11.8 Å². The van der Waals surface area contributed by atoms with E-state index in [4.69, 9.17) is 5.73 Å². The second-order valence-corrected chi connectivity index (χ2v) is 6.40. The monoisotopic (exact) mass is 387 g/mol. The van der Waals surface area contributed by atoms with Gasteiger partial charge in [-0.05, 0) is 24.3 Å². The van der Waals surface area contributed by atoms with E-state index in [1.807, 2.05) is 0 Å². The van der Waals surface area contributed by atoms with Gasteiger partial charge in [0.15, 0.2) is 0 Å². The van der Waals surface area contributed by atoms with E-state index in [2.05, 4.69) is 5.32 Å². The van der Waals surface area contributed by atoms with Crippen molar-refractivity contribution in [3.63, 3.8) is 0 Å². The van der Waals surface area contributed by atoms with E-state index in [1.54, 1.807) is 6.07 Å². The molecular weight excluding hydrogens is 370 g/mol. The number of nitriles is 1. The number of carbonyl (C=O) groups excluding carboxylic acids is 4. The van der Waals surface area contributed by atoms with E-state index in [1.165, 1.54) is 31.2 Å². The van der Waals surface area contributed by atoms with Crippen LogP contribution in [0.3, 0.4) is 0 Å². The summed E-state index contributed by atoms with van der Waals surface area (Å²) >= 11 is 0.928. The van der Waals surface area contributed by atoms with Crippen LogP contribution in [0.1, 0.15) is 6.92 Å². The number of benzene rings is 1.